The number of ketones is 2. The summed E-state index contributed by atoms with van der Waals surface area (Å²) < 4.78 is 0. The summed E-state index contributed by atoms with van der Waals surface area (Å²) >= 11 is 0. The van der Waals surface area contributed by atoms with Crippen molar-refractivity contribution in [1.29, 1.82) is 0 Å². The standard InChI is InChI=1S/C25H38O2/c1-5-24(6-2)15-20-17(14-23(24)27)8-9-19-18(20)12-13-25(7-3)21(16(4)26)10-11-22(19)25/h14,18-22H,5-13,15H2,1-4H3/t18-,19+,20-,21+,22-,25+/m0/s1. The molecule has 4 rings (SSSR count). The van der Waals surface area contributed by atoms with Crippen molar-refractivity contribution in [3.63, 3.8) is 0 Å². The zero-order valence-electron chi connectivity index (χ0n) is 17.9. The number of fused-ring (bicyclic) bond motifs is 5. The molecule has 0 aliphatic heterocycles. The van der Waals surface area contributed by atoms with Crippen LogP contribution in [0.5, 0.6) is 0 Å². The summed E-state index contributed by atoms with van der Waals surface area (Å²) in [4.78, 5) is 25.3. The number of hydrogen-bond acceptors (Lipinski definition) is 2. The molecule has 2 heteroatoms. The molecule has 4 aliphatic rings. The van der Waals surface area contributed by atoms with E-state index < -0.39 is 0 Å². The summed E-state index contributed by atoms with van der Waals surface area (Å²) in [5.74, 6) is 4.07. The molecule has 0 aromatic carbocycles. The molecular weight excluding hydrogens is 332 g/mol. The monoisotopic (exact) mass is 370 g/mol. The minimum atomic E-state index is -0.104. The first-order valence-corrected chi connectivity index (χ1v) is 11.7. The highest BCUT2D eigenvalue weighted by molar-refractivity contribution is 5.96. The van der Waals surface area contributed by atoms with Gasteiger partial charge in [0.05, 0.1) is 0 Å². The molecule has 150 valence electrons. The average molecular weight is 371 g/mol. The first kappa shape index (κ1) is 19.4. The maximum Gasteiger partial charge on any atom is 0.161 e. The van der Waals surface area contributed by atoms with Gasteiger partial charge in [-0.1, -0.05) is 26.3 Å². The van der Waals surface area contributed by atoms with Crippen LogP contribution in [0, 0.1) is 40.4 Å². The van der Waals surface area contributed by atoms with E-state index >= 15 is 0 Å². The van der Waals surface area contributed by atoms with E-state index in [1.54, 1.807) is 0 Å². The first-order valence-electron chi connectivity index (χ1n) is 11.7. The quantitative estimate of drug-likeness (QED) is 0.595. The van der Waals surface area contributed by atoms with Crippen molar-refractivity contribution < 1.29 is 9.59 Å². The highest BCUT2D eigenvalue weighted by atomic mass is 16.1. The lowest BCUT2D eigenvalue weighted by Gasteiger charge is -2.56. The Morgan fingerprint density at radius 2 is 1.78 bits per heavy atom. The maximum absolute atomic E-state index is 12.9. The largest absolute Gasteiger partial charge is 0.300 e. The van der Waals surface area contributed by atoms with E-state index in [-0.39, 0.29) is 10.8 Å². The molecule has 0 aromatic rings. The van der Waals surface area contributed by atoms with Crippen molar-refractivity contribution in [3.8, 4) is 0 Å². The van der Waals surface area contributed by atoms with Gasteiger partial charge in [0.25, 0.3) is 0 Å². The van der Waals surface area contributed by atoms with E-state index in [1.807, 2.05) is 6.92 Å². The van der Waals surface area contributed by atoms with Crippen LogP contribution < -0.4 is 0 Å². The van der Waals surface area contributed by atoms with Crippen molar-refractivity contribution in [2.75, 3.05) is 0 Å². The van der Waals surface area contributed by atoms with E-state index in [1.165, 1.54) is 37.7 Å². The van der Waals surface area contributed by atoms with Crippen LogP contribution in [0.1, 0.15) is 91.9 Å². The van der Waals surface area contributed by atoms with Gasteiger partial charge in [0.2, 0.25) is 0 Å². The van der Waals surface area contributed by atoms with Gasteiger partial charge in [-0.05, 0) is 106 Å². The van der Waals surface area contributed by atoms with Crippen LogP contribution in [0.25, 0.3) is 0 Å². The molecule has 0 N–H and O–H groups in total. The lowest BCUT2D eigenvalue weighted by atomic mass is 9.48. The summed E-state index contributed by atoms with van der Waals surface area (Å²) in [6.45, 7) is 8.58. The van der Waals surface area contributed by atoms with Crippen LogP contribution in [0.3, 0.4) is 0 Å². The molecule has 0 unspecified atom stereocenters. The zero-order valence-corrected chi connectivity index (χ0v) is 17.9. The Bertz CT molecular complexity index is 655. The predicted molar refractivity (Wildman–Crippen MR) is 109 cm³/mol. The second kappa shape index (κ2) is 6.85. The van der Waals surface area contributed by atoms with Gasteiger partial charge in [-0.15, -0.1) is 0 Å². The molecule has 4 aliphatic carbocycles. The molecule has 0 aromatic heterocycles. The van der Waals surface area contributed by atoms with Crippen molar-refractivity contribution in [1.82, 2.24) is 0 Å². The topological polar surface area (TPSA) is 34.1 Å². The van der Waals surface area contributed by atoms with Crippen LogP contribution in [0.2, 0.25) is 0 Å². The second-order valence-electron chi connectivity index (χ2n) is 10.2. The van der Waals surface area contributed by atoms with E-state index in [4.69, 9.17) is 0 Å². The third kappa shape index (κ3) is 2.64. The van der Waals surface area contributed by atoms with Gasteiger partial charge in [0, 0.05) is 11.3 Å². The normalized spacial score (nSPS) is 42.7. The SMILES string of the molecule is CCC1(CC)C[C@H]2C(=CC1=O)CC[C@@H]1[C@@H]2CC[C@]2(CC)[C@@H](C(C)=O)CC[C@@H]12. The fourth-order valence-corrected chi connectivity index (χ4v) is 8.32. The molecule has 2 nitrogen and oxygen atoms in total. The summed E-state index contributed by atoms with van der Waals surface area (Å²) in [6.07, 6.45) is 13.6. The van der Waals surface area contributed by atoms with Crippen LogP contribution in [0.4, 0.5) is 0 Å². The Labute approximate surface area is 165 Å². The molecular formula is C25H38O2. The highest BCUT2D eigenvalue weighted by Crippen LogP contribution is 2.65. The molecule has 0 radical (unpaired) electrons. The first-order chi connectivity index (χ1) is 12.9. The number of carbonyl (C=O) groups is 2. The van der Waals surface area contributed by atoms with Crippen molar-refractivity contribution in [2.45, 2.75) is 91.9 Å². The molecule has 6 atom stereocenters. The smallest absolute Gasteiger partial charge is 0.161 e. The van der Waals surface area contributed by atoms with Crippen molar-refractivity contribution in [3.05, 3.63) is 11.6 Å². The van der Waals surface area contributed by atoms with Gasteiger partial charge < -0.3 is 0 Å². The van der Waals surface area contributed by atoms with E-state index in [2.05, 4.69) is 26.8 Å². The molecule has 0 saturated heterocycles. The van der Waals surface area contributed by atoms with E-state index in [9.17, 15) is 9.59 Å². The van der Waals surface area contributed by atoms with Crippen LogP contribution in [-0.2, 0) is 9.59 Å². The maximum atomic E-state index is 12.9. The Hall–Kier alpha value is -0.920. The minimum Gasteiger partial charge on any atom is -0.300 e. The predicted octanol–water partition coefficient (Wildman–Crippen LogP) is 6.14. The Kier molecular flexibility index (Phi) is 4.92. The van der Waals surface area contributed by atoms with E-state index in [0.717, 1.165) is 49.9 Å². The molecule has 0 heterocycles. The van der Waals surface area contributed by atoms with Crippen LogP contribution in [-0.4, -0.2) is 11.6 Å². The summed E-state index contributed by atoms with van der Waals surface area (Å²) in [7, 11) is 0. The molecule has 0 amide bonds. The van der Waals surface area contributed by atoms with Gasteiger partial charge in [0.1, 0.15) is 5.78 Å². The lowest BCUT2D eigenvalue weighted by Crippen LogP contribution is -2.50. The summed E-state index contributed by atoms with van der Waals surface area (Å²) in [5.41, 5.74) is 1.65. The molecule has 3 fully saturated rings. The van der Waals surface area contributed by atoms with Gasteiger partial charge in [0.15, 0.2) is 5.78 Å². The number of Topliss-reactive ketones (excluding diaryl/α,β-unsaturated/α-hetero) is 1. The highest BCUT2D eigenvalue weighted by Gasteiger charge is 2.59. The van der Waals surface area contributed by atoms with Crippen molar-refractivity contribution in [2.24, 2.45) is 40.4 Å². The van der Waals surface area contributed by atoms with Gasteiger partial charge >= 0.3 is 0 Å². The number of rotatable bonds is 4. The van der Waals surface area contributed by atoms with Crippen molar-refractivity contribution >= 4 is 11.6 Å². The molecule has 3 saturated carbocycles. The molecule has 0 spiro atoms. The zero-order chi connectivity index (χ0) is 19.4. The Morgan fingerprint density at radius 3 is 2.41 bits per heavy atom. The number of allylic oxidation sites excluding steroid dienone is 1. The third-order valence-corrected chi connectivity index (χ3v) is 9.92. The number of carbonyl (C=O) groups excluding carboxylic acids is 2. The fraction of sp³-hybridized carbons (Fsp3) is 0.840. The Morgan fingerprint density at radius 1 is 1.04 bits per heavy atom. The van der Waals surface area contributed by atoms with Crippen LogP contribution >= 0.6 is 0 Å². The summed E-state index contributed by atoms with van der Waals surface area (Å²) in [6, 6.07) is 0. The Balaban J connectivity index is 1.65. The van der Waals surface area contributed by atoms with Crippen LogP contribution in [0.15, 0.2) is 11.6 Å². The minimum absolute atomic E-state index is 0.104. The number of hydrogen-bond donors (Lipinski definition) is 0. The third-order valence-electron chi connectivity index (χ3n) is 9.92. The molecule has 0 bridgehead atoms. The van der Waals surface area contributed by atoms with Gasteiger partial charge in [-0.25, -0.2) is 0 Å². The van der Waals surface area contributed by atoms with Gasteiger partial charge in [-0.3, -0.25) is 9.59 Å². The second-order valence-corrected chi connectivity index (χ2v) is 10.2. The fourth-order valence-electron chi connectivity index (χ4n) is 8.32. The van der Waals surface area contributed by atoms with Gasteiger partial charge in [-0.2, -0.15) is 0 Å². The molecule has 27 heavy (non-hydrogen) atoms. The average Bonchev–Trinajstić information content (AvgIpc) is 3.07. The lowest BCUT2D eigenvalue weighted by molar-refractivity contribution is -0.131. The summed E-state index contributed by atoms with van der Waals surface area (Å²) in [5, 5.41) is 0. The van der Waals surface area contributed by atoms with E-state index in [0.29, 0.717) is 23.4 Å².